The Morgan fingerprint density at radius 2 is 2.25 bits per heavy atom. The molecule has 0 bridgehead atoms. The highest BCUT2D eigenvalue weighted by Gasteiger charge is 2.22. The molecule has 0 aliphatic heterocycles. The molecule has 16 heavy (non-hydrogen) atoms. The fourth-order valence-electron chi connectivity index (χ4n) is 1.74. The van der Waals surface area contributed by atoms with E-state index in [0.717, 1.165) is 27.5 Å². The topological polar surface area (TPSA) is 38.0 Å². The Hall–Kier alpha value is -0.0900. The third kappa shape index (κ3) is 3.20. The van der Waals surface area contributed by atoms with Gasteiger partial charge >= 0.3 is 0 Å². The fourth-order valence-corrected chi connectivity index (χ4v) is 2.54. The molecule has 0 aromatic heterocycles. The van der Waals surface area contributed by atoms with Crippen molar-refractivity contribution in [2.24, 2.45) is 11.7 Å². The Bertz CT molecular complexity index is 366. The van der Waals surface area contributed by atoms with Gasteiger partial charge in [0.25, 0.3) is 0 Å². The molecule has 0 spiro atoms. The number of benzene rings is 1. The monoisotopic (exact) mass is 302 g/mol. The van der Waals surface area contributed by atoms with Crippen LogP contribution in [0, 0.1) is 5.92 Å². The Labute approximate surface area is 110 Å². The molecule has 0 saturated heterocycles. The van der Waals surface area contributed by atoms with Gasteiger partial charge in [-0.05, 0) is 43.0 Å². The first kappa shape index (κ1) is 12.4. The van der Waals surface area contributed by atoms with Crippen LogP contribution < -0.4 is 11.1 Å². The predicted octanol–water partition coefficient (Wildman–Crippen LogP) is 3.10. The smallest absolute Gasteiger partial charge is 0.0465 e. The van der Waals surface area contributed by atoms with E-state index in [0.29, 0.717) is 6.54 Å². The lowest BCUT2D eigenvalue weighted by Gasteiger charge is -2.18. The standard InChI is InChI=1S/C12H16BrClN2/c13-9-3-4-10(11(14)5-9)12(6-15)16-7-8-1-2-8/h3-5,8,12,16H,1-2,6-7,15H2. The van der Waals surface area contributed by atoms with Gasteiger partial charge in [-0.1, -0.05) is 33.6 Å². The molecule has 0 amide bonds. The van der Waals surface area contributed by atoms with Crippen molar-refractivity contribution in [3.63, 3.8) is 0 Å². The molecule has 1 fully saturated rings. The van der Waals surface area contributed by atoms with Crippen LogP contribution in [0.2, 0.25) is 5.02 Å². The molecule has 0 heterocycles. The summed E-state index contributed by atoms with van der Waals surface area (Å²) >= 11 is 9.61. The van der Waals surface area contributed by atoms with Crippen LogP contribution in [0.5, 0.6) is 0 Å². The maximum Gasteiger partial charge on any atom is 0.0465 e. The minimum atomic E-state index is 0.168. The van der Waals surface area contributed by atoms with E-state index < -0.39 is 0 Å². The summed E-state index contributed by atoms with van der Waals surface area (Å²) in [5.74, 6) is 0.850. The molecule has 2 rings (SSSR count). The molecule has 1 aliphatic rings. The zero-order chi connectivity index (χ0) is 11.5. The van der Waals surface area contributed by atoms with Crippen molar-refractivity contribution in [2.45, 2.75) is 18.9 Å². The zero-order valence-corrected chi connectivity index (χ0v) is 11.4. The van der Waals surface area contributed by atoms with Gasteiger partial charge in [0.15, 0.2) is 0 Å². The third-order valence-corrected chi connectivity index (χ3v) is 3.74. The van der Waals surface area contributed by atoms with E-state index in [9.17, 15) is 0 Å². The second-order valence-corrected chi connectivity index (χ2v) is 5.63. The molecule has 88 valence electrons. The zero-order valence-electron chi connectivity index (χ0n) is 9.05. The summed E-state index contributed by atoms with van der Waals surface area (Å²) in [6, 6.07) is 6.12. The van der Waals surface area contributed by atoms with E-state index in [1.165, 1.54) is 12.8 Å². The molecule has 1 saturated carbocycles. The summed E-state index contributed by atoms with van der Waals surface area (Å²) in [4.78, 5) is 0. The first-order valence-corrected chi connectivity index (χ1v) is 6.76. The van der Waals surface area contributed by atoms with Crippen molar-refractivity contribution in [3.8, 4) is 0 Å². The second-order valence-electron chi connectivity index (χ2n) is 4.31. The number of rotatable bonds is 5. The number of nitrogens with two attached hydrogens (primary N) is 1. The molecule has 1 atom stereocenters. The van der Waals surface area contributed by atoms with Crippen LogP contribution in [-0.2, 0) is 0 Å². The lowest BCUT2D eigenvalue weighted by Crippen LogP contribution is -2.30. The average Bonchev–Trinajstić information content (AvgIpc) is 3.05. The highest BCUT2D eigenvalue weighted by atomic mass is 79.9. The number of nitrogens with one attached hydrogen (secondary N) is 1. The van der Waals surface area contributed by atoms with Gasteiger partial charge in [-0.15, -0.1) is 0 Å². The lowest BCUT2D eigenvalue weighted by molar-refractivity contribution is 0.522. The Morgan fingerprint density at radius 3 is 2.81 bits per heavy atom. The minimum absolute atomic E-state index is 0.168. The van der Waals surface area contributed by atoms with Crippen LogP contribution in [0.3, 0.4) is 0 Å². The van der Waals surface area contributed by atoms with E-state index in [1.807, 2.05) is 18.2 Å². The van der Waals surface area contributed by atoms with Crippen molar-refractivity contribution in [2.75, 3.05) is 13.1 Å². The summed E-state index contributed by atoms with van der Waals surface area (Å²) in [6.07, 6.45) is 2.69. The maximum atomic E-state index is 6.21. The van der Waals surface area contributed by atoms with Crippen molar-refractivity contribution >= 4 is 27.5 Å². The average molecular weight is 304 g/mol. The van der Waals surface area contributed by atoms with Gasteiger partial charge in [0, 0.05) is 22.1 Å². The Balaban J connectivity index is 2.05. The second kappa shape index (κ2) is 5.50. The summed E-state index contributed by atoms with van der Waals surface area (Å²) in [5.41, 5.74) is 6.88. The van der Waals surface area contributed by atoms with Gasteiger partial charge in [0.1, 0.15) is 0 Å². The third-order valence-electron chi connectivity index (χ3n) is 2.92. The summed E-state index contributed by atoms with van der Waals surface area (Å²) in [6.45, 7) is 1.63. The summed E-state index contributed by atoms with van der Waals surface area (Å²) in [5, 5.41) is 4.25. The molecular weight excluding hydrogens is 288 g/mol. The molecular formula is C12H16BrClN2. The molecule has 1 aromatic rings. The Morgan fingerprint density at radius 1 is 1.50 bits per heavy atom. The summed E-state index contributed by atoms with van der Waals surface area (Å²) in [7, 11) is 0. The normalized spacial score (nSPS) is 17.4. The van der Waals surface area contributed by atoms with Crippen LogP contribution in [-0.4, -0.2) is 13.1 Å². The van der Waals surface area contributed by atoms with Crippen LogP contribution in [0.1, 0.15) is 24.4 Å². The largest absolute Gasteiger partial charge is 0.329 e. The molecule has 0 radical (unpaired) electrons. The number of hydrogen-bond donors (Lipinski definition) is 2. The van der Waals surface area contributed by atoms with Gasteiger partial charge in [0.2, 0.25) is 0 Å². The van der Waals surface area contributed by atoms with Crippen LogP contribution >= 0.6 is 27.5 Å². The van der Waals surface area contributed by atoms with E-state index in [1.54, 1.807) is 0 Å². The molecule has 1 aromatic carbocycles. The first-order valence-electron chi connectivity index (χ1n) is 5.59. The van der Waals surface area contributed by atoms with Crippen LogP contribution in [0.4, 0.5) is 0 Å². The fraction of sp³-hybridized carbons (Fsp3) is 0.500. The molecule has 1 unspecified atom stereocenters. The molecule has 4 heteroatoms. The highest BCUT2D eigenvalue weighted by Crippen LogP contribution is 2.30. The quantitative estimate of drug-likeness (QED) is 0.877. The number of hydrogen-bond acceptors (Lipinski definition) is 2. The van der Waals surface area contributed by atoms with Crippen molar-refractivity contribution < 1.29 is 0 Å². The van der Waals surface area contributed by atoms with Crippen LogP contribution in [0.25, 0.3) is 0 Å². The highest BCUT2D eigenvalue weighted by molar-refractivity contribution is 9.10. The summed E-state index contributed by atoms with van der Waals surface area (Å²) < 4.78 is 0.999. The van der Waals surface area contributed by atoms with Gasteiger partial charge in [-0.25, -0.2) is 0 Å². The van der Waals surface area contributed by atoms with Crippen molar-refractivity contribution in [3.05, 3.63) is 33.3 Å². The minimum Gasteiger partial charge on any atom is -0.329 e. The SMILES string of the molecule is NCC(NCC1CC1)c1ccc(Br)cc1Cl. The lowest BCUT2D eigenvalue weighted by atomic mass is 10.1. The predicted molar refractivity (Wildman–Crippen MR) is 71.7 cm³/mol. The Kier molecular flexibility index (Phi) is 4.25. The van der Waals surface area contributed by atoms with Gasteiger partial charge < -0.3 is 11.1 Å². The molecule has 1 aliphatic carbocycles. The van der Waals surface area contributed by atoms with Gasteiger partial charge in [-0.2, -0.15) is 0 Å². The molecule has 2 nitrogen and oxygen atoms in total. The van der Waals surface area contributed by atoms with Gasteiger partial charge in [0.05, 0.1) is 0 Å². The van der Waals surface area contributed by atoms with E-state index in [-0.39, 0.29) is 6.04 Å². The van der Waals surface area contributed by atoms with Crippen molar-refractivity contribution in [1.82, 2.24) is 5.32 Å². The van der Waals surface area contributed by atoms with Gasteiger partial charge in [-0.3, -0.25) is 0 Å². The van der Waals surface area contributed by atoms with Crippen molar-refractivity contribution in [1.29, 1.82) is 0 Å². The maximum absolute atomic E-state index is 6.21. The first-order chi connectivity index (χ1) is 7.70. The van der Waals surface area contributed by atoms with E-state index >= 15 is 0 Å². The van der Waals surface area contributed by atoms with Crippen LogP contribution in [0.15, 0.2) is 22.7 Å². The van der Waals surface area contributed by atoms with E-state index in [4.69, 9.17) is 17.3 Å². The number of halogens is 2. The van der Waals surface area contributed by atoms with E-state index in [2.05, 4.69) is 21.2 Å². The molecule has 3 N–H and O–H groups in total.